The van der Waals surface area contributed by atoms with Gasteiger partial charge >= 0.3 is 16.8 Å². The summed E-state index contributed by atoms with van der Waals surface area (Å²) >= 11 is 0. The van der Waals surface area contributed by atoms with Crippen molar-refractivity contribution in [1.29, 1.82) is 0 Å². The maximum Gasteiger partial charge on any atom is 3.00 e. The first kappa shape index (κ1) is 40.7. The molecule has 3 aliphatic rings. The molecule has 11 N–H and O–H groups in total. The fraction of sp³-hybridized carbons (Fsp3) is 1.00. The third-order valence-electron chi connectivity index (χ3n) is 4.55. The van der Waals surface area contributed by atoms with Gasteiger partial charge in [0.05, 0.1) is 19.6 Å². The molecule has 3 aliphatic heterocycles. The van der Waals surface area contributed by atoms with Gasteiger partial charge in [-0.25, -0.2) is 0 Å². The van der Waals surface area contributed by atoms with Gasteiger partial charge in [0.1, 0.15) is 5.60 Å². The summed E-state index contributed by atoms with van der Waals surface area (Å²) < 4.78 is 0. The molecule has 0 aromatic rings. The summed E-state index contributed by atoms with van der Waals surface area (Å²) in [4.78, 5) is 11.6. The molecule has 0 aromatic carbocycles. The van der Waals surface area contributed by atoms with Crippen LogP contribution in [0.3, 0.4) is 0 Å². The average Bonchev–Trinajstić information content (AvgIpc) is 2.55. The van der Waals surface area contributed by atoms with Gasteiger partial charge in [-0.2, -0.15) is 0 Å². The van der Waals surface area contributed by atoms with E-state index in [2.05, 4.69) is 31.9 Å². The fourth-order valence-corrected chi connectivity index (χ4v) is 3.03. The van der Waals surface area contributed by atoms with Crippen molar-refractivity contribution in [1.82, 2.24) is 31.9 Å². The van der Waals surface area contributed by atoms with Crippen molar-refractivity contribution in [2.45, 2.75) is 11.1 Å². The zero-order chi connectivity index (χ0) is 17.3. The predicted molar refractivity (Wildman–Crippen MR) is 99.1 cm³/mol. The van der Waals surface area contributed by atoms with Gasteiger partial charge < -0.3 is 85.2 Å². The Morgan fingerprint density at radius 1 is 0.633 bits per heavy atom. The maximum atomic E-state index is 11.7. The Kier molecular flexibility index (Phi) is 28.9. The molecule has 3 fully saturated rings. The van der Waals surface area contributed by atoms with Gasteiger partial charge in [0, 0.05) is 63.8 Å². The molecule has 0 saturated carbocycles. The van der Waals surface area contributed by atoms with Crippen LogP contribution in [0.5, 0.6) is 0 Å². The molecule has 3 saturated heterocycles. The van der Waals surface area contributed by atoms with E-state index in [0.717, 1.165) is 0 Å². The minimum atomic E-state index is -1.07. The Labute approximate surface area is 206 Å². The van der Waals surface area contributed by atoms with Crippen LogP contribution in [0.15, 0.2) is 0 Å². The summed E-state index contributed by atoms with van der Waals surface area (Å²) in [5, 5.41) is 41.8. The third kappa shape index (κ3) is 13.7. The van der Waals surface area contributed by atoms with Crippen LogP contribution in [0.4, 0.5) is 0 Å². The van der Waals surface area contributed by atoms with E-state index < -0.39 is 11.1 Å². The van der Waals surface area contributed by atoms with Gasteiger partial charge in [-0.05, 0) is 0 Å². The van der Waals surface area contributed by atoms with Crippen molar-refractivity contribution in [2.24, 2.45) is 0 Å². The Bertz CT molecular complexity index is 379. The number of aliphatic hydroxyl groups is 1. The number of nitrogens with zero attached hydrogens (tertiary/aromatic N) is 1. The molecule has 3 rings (SSSR count). The minimum absolute atomic E-state index is 0. The first-order valence-electron chi connectivity index (χ1n) is 8.68. The largest absolute Gasteiger partial charge is 3.00 e. The standard InChI is InChI=1S/C14H31N7O3.3ClH.Co.2H2O/c22-14-10-18-4-1-15-7-13(21(23)24,8-16-2-5-19-11-14)9-17-3-6-20-12-14;;;;;;/h15-20,22H,1-12H2;3*1H;;2*1H2/q;;;;+3;;/p-3. The van der Waals surface area contributed by atoms with Crippen LogP contribution < -0.4 is 69.1 Å². The number of nitrogens with one attached hydrogen (secondary N) is 6. The molecule has 0 amide bonds. The molecule has 186 valence electrons. The van der Waals surface area contributed by atoms with E-state index in [0.29, 0.717) is 78.5 Å². The molecule has 0 radical (unpaired) electrons. The Hall–Kier alpha value is 0.416. The third-order valence-corrected chi connectivity index (χ3v) is 4.55. The topological polar surface area (TPSA) is 199 Å². The SMILES string of the molecule is O.O.O=[N+]([O-])C12CNCCNCC(O)(CNCCNC1)CNCCNC2.[Cl-].[Cl-].[Cl-].[Co+3]. The molecule has 3 heterocycles. The van der Waals surface area contributed by atoms with Crippen LogP contribution in [0.25, 0.3) is 0 Å². The minimum Gasteiger partial charge on any atom is -1.00 e. The van der Waals surface area contributed by atoms with Crippen molar-refractivity contribution in [3.8, 4) is 0 Å². The average molecular weight is 547 g/mol. The van der Waals surface area contributed by atoms with Gasteiger partial charge in [0.15, 0.2) is 0 Å². The molecule has 16 heteroatoms. The number of nitro groups is 1. The Morgan fingerprint density at radius 2 is 0.867 bits per heavy atom. The molecule has 2 bridgehead atoms. The molecule has 12 nitrogen and oxygen atoms in total. The van der Waals surface area contributed by atoms with Crippen LogP contribution in [0, 0.1) is 10.1 Å². The van der Waals surface area contributed by atoms with E-state index >= 15 is 0 Å². The molecule has 30 heavy (non-hydrogen) atoms. The van der Waals surface area contributed by atoms with Crippen molar-refractivity contribution in [3.05, 3.63) is 10.1 Å². The van der Waals surface area contributed by atoms with E-state index in [1.54, 1.807) is 0 Å². The van der Waals surface area contributed by atoms with Gasteiger partial charge in [-0.1, -0.05) is 0 Å². The van der Waals surface area contributed by atoms with E-state index in [1.807, 2.05) is 0 Å². The molecule has 0 aromatic heterocycles. The number of fused-ring (bicyclic) bond motifs is 15. The number of halogens is 3. The maximum absolute atomic E-state index is 11.7. The fourth-order valence-electron chi connectivity index (χ4n) is 3.03. The number of rotatable bonds is 1. The van der Waals surface area contributed by atoms with Crippen molar-refractivity contribution < 1.29 is 75.0 Å². The summed E-state index contributed by atoms with van der Waals surface area (Å²) in [6.45, 7) is 6.10. The van der Waals surface area contributed by atoms with E-state index in [4.69, 9.17) is 0 Å². The monoisotopic (exact) mass is 545 g/mol. The molecular weight excluding hydrogens is 511 g/mol. The Balaban J connectivity index is -0.000000347. The molecule has 0 aliphatic carbocycles. The Morgan fingerprint density at radius 3 is 1.10 bits per heavy atom. The number of hydrogen-bond donors (Lipinski definition) is 7. The smallest absolute Gasteiger partial charge is 1.00 e. The van der Waals surface area contributed by atoms with Crippen molar-refractivity contribution in [2.75, 3.05) is 78.5 Å². The van der Waals surface area contributed by atoms with Gasteiger partial charge in [0.2, 0.25) is 0 Å². The van der Waals surface area contributed by atoms with E-state index in [9.17, 15) is 15.2 Å². The second-order valence-electron chi connectivity index (χ2n) is 6.77. The molecular formula is C14H35Cl3CoN7O5. The second-order valence-corrected chi connectivity index (χ2v) is 6.77. The summed E-state index contributed by atoms with van der Waals surface area (Å²) in [5.74, 6) is 0. The second kappa shape index (κ2) is 21.3. The van der Waals surface area contributed by atoms with Crippen LogP contribution in [-0.4, -0.2) is 111 Å². The zero-order valence-electron chi connectivity index (χ0n) is 16.7. The first-order valence-corrected chi connectivity index (χ1v) is 8.68. The quantitative estimate of drug-likeness (QED) is 0.123. The molecule has 0 unspecified atom stereocenters. The zero-order valence-corrected chi connectivity index (χ0v) is 20.0. The van der Waals surface area contributed by atoms with Crippen LogP contribution in [0.1, 0.15) is 0 Å². The van der Waals surface area contributed by atoms with E-state index in [1.165, 1.54) is 0 Å². The summed E-state index contributed by atoms with van der Waals surface area (Å²) in [7, 11) is 0. The van der Waals surface area contributed by atoms with Crippen LogP contribution in [-0.2, 0) is 16.8 Å². The van der Waals surface area contributed by atoms with Crippen molar-refractivity contribution in [3.63, 3.8) is 0 Å². The molecule has 0 spiro atoms. The van der Waals surface area contributed by atoms with Gasteiger partial charge in [-0.3, -0.25) is 10.1 Å². The summed E-state index contributed by atoms with van der Waals surface area (Å²) in [6.07, 6.45) is 0. The first-order chi connectivity index (χ1) is 11.6. The van der Waals surface area contributed by atoms with Gasteiger partial charge in [-0.15, -0.1) is 0 Å². The summed E-state index contributed by atoms with van der Waals surface area (Å²) in [5.41, 5.74) is -1.94. The van der Waals surface area contributed by atoms with Crippen LogP contribution >= 0.6 is 0 Å². The normalized spacial score (nSPS) is 28.0. The van der Waals surface area contributed by atoms with Gasteiger partial charge in [0.25, 0.3) is 5.54 Å². The van der Waals surface area contributed by atoms with Crippen LogP contribution in [0.2, 0.25) is 0 Å². The van der Waals surface area contributed by atoms with Crippen molar-refractivity contribution >= 4 is 0 Å². The number of hydrogen-bond acceptors (Lipinski definition) is 9. The predicted octanol–water partition coefficient (Wildman–Crippen LogP) is -14.3. The summed E-state index contributed by atoms with van der Waals surface area (Å²) in [6, 6.07) is 0. The van der Waals surface area contributed by atoms with E-state index in [-0.39, 0.29) is 69.9 Å². The molecule has 0 atom stereocenters.